The Morgan fingerprint density at radius 1 is 1.12 bits per heavy atom. The molecule has 24 heavy (non-hydrogen) atoms. The lowest BCUT2D eigenvalue weighted by molar-refractivity contribution is 0.0462. The summed E-state index contributed by atoms with van der Waals surface area (Å²) in [4.78, 5) is 14.3. The van der Waals surface area contributed by atoms with Gasteiger partial charge in [-0.05, 0) is 42.5 Å². The molecule has 1 aliphatic rings. The summed E-state index contributed by atoms with van der Waals surface area (Å²) in [7, 11) is 0. The first-order valence-electron chi connectivity index (χ1n) is 8.07. The van der Waals surface area contributed by atoms with Crippen molar-refractivity contribution in [3.8, 4) is 5.75 Å². The molecule has 0 saturated carbocycles. The fourth-order valence-corrected chi connectivity index (χ4v) is 3.34. The average Bonchev–Trinajstić information content (AvgIpc) is 2.63. The summed E-state index contributed by atoms with van der Waals surface area (Å²) in [6.07, 6.45) is 1.02. The predicted octanol–water partition coefficient (Wildman–Crippen LogP) is 3.63. The van der Waals surface area contributed by atoms with E-state index in [2.05, 4.69) is 0 Å². The van der Waals surface area contributed by atoms with Crippen LogP contribution < -0.4 is 0 Å². The number of hydrogen-bond acceptors (Lipinski definition) is 3. The molecule has 2 aromatic carbocycles. The highest BCUT2D eigenvalue weighted by Gasteiger charge is 2.28. The van der Waals surface area contributed by atoms with Gasteiger partial charge in [0.25, 0.3) is 5.91 Å². The van der Waals surface area contributed by atoms with E-state index in [1.54, 1.807) is 11.0 Å². The fourth-order valence-electron chi connectivity index (χ4n) is 3.16. The standard InChI is InChI=1S/C19H20ClNO3/c20-16-12-15(6-7-17(16)22)19(24)21-10-8-14(9-11-21)18(23)13-4-2-1-3-5-13/h1-7,12,14,18,22-23H,8-11H2. The number of carbonyl (C=O) groups is 1. The van der Waals surface area contributed by atoms with E-state index in [-0.39, 0.29) is 22.6 Å². The van der Waals surface area contributed by atoms with Crippen LogP contribution in [0.4, 0.5) is 0 Å². The Balaban J connectivity index is 1.62. The molecule has 1 saturated heterocycles. The SMILES string of the molecule is O=C(c1ccc(O)c(Cl)c1)N1CCC(C(O)c2ccccc2)CC1. The van der Waals surface area contributed by atoms with Crippen molar-refractivity contribution >= 4 is 17.5 Å². The molecule has 1 unspecified atom stereocenters. The van der Waals surface area contributed by atoms with Crippen molar-refractivity contribution in [1.29, 1.82) is 0 Å². The number of nitrogens with zero attached hydrogens (tertiary/aromatic N) is 1. The largest absolute Gasteiger partial charge is 0.506 e. The van der Waals surface area contributed by atoms with Crippen LogP contribution in [0.2, 0.25) is 5.02 Å². The van der Waals surface area contributed by atoms with Crippen LogP contribution in [0, 0.1) is 5.92 Å². The van der Waals surface area contributed by atoms with Crippen molar-refractivity contribution in [2.24, 2.45) is 5.92 Å². The molecule has 3 rings (SSSR count). The quantitative estimate of drug-likeness (QED) is 0.893. The van der Waals surface area contributed by atoms with Crippen molar-refractivity contribution < 1.29 is 15.0 Å². The van der Waals surface area contributed by atoms with E-state index in [0.717, 1.165) is 18.4 Å². The first-order chi connectivity index (χ1) is 11.6. The molecule has 2 N–H and O–H groups in total. The number of hydrogen-bond donors (Lipinski definition) is 2. The smallest absolute Gasteiger partial charge is 0.253 e. The number of piperidine rings is 1. The number of aromatic hydroxyl groups is 1. The number of carbonyl (C=O) groups excluding carboxylic acids is 1. The number of benzene rings is 2. The number of likely N-dealkylation sites (tertiary alicyclic amines) is 1. The summed E-state index contributed by atoms with van der Waals surface area (Å²) in [5.74, 6) is 0.0299. The van der Waals surface area contributed by atoms with Gasteiger partial charge in [-0.3, -0.25) is 4.79 Å². The van der Waals surface area contributed by atoms with E-state index < -0.39 is 6.10 Å². The number of aliphatic hydroxyl groups excluding tert-OH is 1. The molecule has 126 valence electrons. The van der Waals surface area contributed by atoms with Gasteiger partial charge in [-0.15, -0.1) is 0 Å². The zero-order valence-corrected chi connectivity index (χ0v) is 14.0. The molecule has 0 radical (unpaired) electrons. The Morgan fingerprint density at radius 2 is 1.79 bits per heavy atom. The molecule has 5 heteroatoms. The Hall–Kier alpha value is -2.04. The van der Waals surface area contributed by atoms with Gasteiger partial charge in [0.1, 0.15) is 5.75 Å². The molecule has 1 amide bonds. The van der Waals surface area contributed by atoms with Gasteiger partial charge in [-0.25, -0.2) is 0 Å². The maximum atomic E-state index is 12.5. The molecular formula is C19H20ClNO3. The summed E-state index contributed by atoms with van der Waals surface area (Å²) in [5.41, 5.74) is 1.40. The summed E-state index contributed by atoms with van der Waals surface area (Å²) in [6.45, 7) is 1.21. The van der Waals surface area contributed by atoms with Crippen LogP contribution in [0.3, 0.4) is 0 Å². The summed E-state index contributed by atoms with van der Waals surface area (Å²) >= 11 is 5.88. The molecule has 1 heterocycles. The van der Waals surface area contributed by atoms with Gasteiger partial charge in [-0.1, -0.05) is 41.9 Å². The lowest BCUT2D eigenvalue weighted by Crippen LogP contribution is -2.39. The predicted molar refractivity (Wildman–Crippen MR) is 93.1 cm³/mol. The fraction of sp³-hybridized carbons (Fsp3) is 0.316. The lowest BCUT2D eigenvalue weighted by atomic mass is 9.87. The van der Waals surface area contributed by atoms with Crippen LogP contribution >= 0.6 is 11.6 Å². The molecule has 1 aliphatic heterocycles. The Bertz CT molecular complexity index is 712. The van der Waals surface area contributed by atoms with Crippen LogP contribution in [0.25, 0.3) is 0 Å². The number of amides is 1. The third-order valence-corrected chi connectivity index (χ3v) is 4.91. The van der Waals surface area contributed by atoms with Gasteiger partial charge in [-0.2, -0.15) is 0 Å². The maximum absolute atomic E-state index is 12.5. The average molecular weight is 346 g/mol. The number of aliphatic hydroxyl groups is 1. The molecule has 0 bridgehead atoms. The molecule has 0 aliphatic carbocycles. The van der Waals surface area contributed by atoms with Crippen LogP contribution in [0.5, 0.6) is 5.75 Å². The van der Waals surface area contributed by atoms with Gasteiger partial charge in [0.15, 0.2) is 0 Å². The highest BCUT2D eigenvalue weighted by molar-refractivity contribution is 6.32. The second kappa shape index (κ2) is 7.24. The molecule has 1 atom stereocenters. The second-order valence-electron chi connectivity index (χ2n) is 6.15. The summed E-state index contributed by atoms with van der Waals surface area (Å²) < 4.78 is 0. The van der Waals surface area contributed by atoms with Gasteiger partial charge in [0.05, 0.1) is 11.1 Å². The first-order valence-corrected chi connectivity index (χ1v) is 8.45. The Kier molecular flexibility index (Phi) is 5.07. The zero-order valence-electron chi connectivity index (χ0n) is 13.2. The van der Waals surface area contributed by atoms with Gasteiger partial charge < -0.3 is 15.1 Å². The minimum absolute atomic E-state index is 0.0297. The van der Waals surface area contributed by atoms with E-state index in [0.29, 0.717) is 18.7 Å². The van der Waals surface area contributed by atoms with Crippen molar-refractivity contribution in [2.75, 3.05) is 13.1 Å². The van der Waals surface area contributed by atoms with E-state index in [1.165, 1.54) is 12.1 Å². The van der Waals surface area contributed by atoms with Gasteiger partial charge in [0.2, 0.25) is 0 Å². The minimum Gasteiger partial charge on any atom is -0.506 e. The highest BCUT2D eigenvalue weighted by Crippen LogP contribution is 2.31. The van der Waals surface area contributed by atoms with Crippen LogP contribution in [-0.4, -0.2) is 34.1 Å². The van der Waals surface area contributed by atoms with Crippen molar-refractivity contribution in [1.82, 2.24) is 4.90 Å². The Morgan fingerprint density at radius 3 is 2.42 bits per heavy atom. The lowest BCUT2D eigenvalue weighted by Gasteiger charge is -2.34. The highest BCUT2D eigenvalue weighted by atomic mass is 35.5. The monoisotopic (exact) mass is 345 g/mol. The maximum Gasteiger partial charge on any atom is 0.253 e. The van der Waals surface area contributed by atoms with E-state index >= 15 is 0 Å². The number of halogens is 1. The Labute approximate surface area is 146 Å². The van der Waals surface area contributed by atoms with Gasteiger partial charge >= 0.3 is 0 Å². The molecular weight excluding hydrogens is 326 g/mol. The zero-order chi connectivity index (χ0) is 17.1. The summed E-state index contributed by atoms with van der Waals surface area (Å²) in [6, 6.07) is 14.1. The van der Waals surface area contributed by atoms with Crippen LogP contribution in [-0.2, 0) is 0 Å². The third-order valence-electron chi connectivity index (χ3n) is 4.61. The molecule has 2 aromatic rings. The van der Waals surface area contributed by atoms with Gasteiger partial charge in [0, 0.05) is 18.7 Å². The normalized spacial score (nSPS) is 16.8. The number of phenols is 1. The molecule has 4 nitrogen and oxygen atoms in total. The van der Waals surface area contributed by atoms with Crippen LogP contribution in [0.15, 0.2) is 48.5 Å². The minimum atomic E-state index is -0.494. The van der Waals surface area contributed by atoms with Crippen molar-refractivity contribution in [2.45, 2.75) is 18.9 Å². The van der Waals surface area contributed by atoms with E-state index in [9.17, 15) is 15.0 Å². The number of rotatable bonds is 3. The van der Waals surface area contributed by atoms with E-state index in [1.807, 2.05) is 30.3 Å². The number of phenolic OH excluding ortho intramolecular Hbond substituents is 1. The second-order valence-corrected chi connectivity index (χ2v) is 6.56. The first kappa shape index (κ1) is 16.8. The van der Waals surface area contributed by atoms with Crippen LogP contribution in [0.1, 0.15) is 34.9 Å². The van der Waals surface area contributed by atoms with Crippen molar-refractivity contribution in [3.05, 3.63) is 64.7 Å². The van der Waals surface area contributed by atoms with E-state index in [4.69, 9.17) is 11.6 Å². The summed E-state index contributed by atoms with van der Waals surface area (Å²) in [5, 5.41) is 20.1. The molecule has 1 fully saturated rings. The molecule has 0 aromatic heterocycles. The van der Waals surface area contributed by atoms with Crippen molar-refractivity contribution in [3.63, 3.8) is 0 Å². The third kappa shape index (κ3) is 3.55. The topological polar surface area (TPSA) is 60.8 Å². The molecule has 0 spiro atoms.